The molecule has 0 amide bonds. The summed E-state index contributed by atoms with van der Waals surface area (Å²) in [5.41, 5.74) is 9.71. The van der Waals surface area contributed by atoms with Crippen LogP contribution in [0.5, 0.6) is 0 Å². The number of thiophene rings is 1. The third-order valence-electron chi connectivity index (χ3n) is 9.68. The highest BCUT2D eigenvalue weighted by molar-refractivity contribution is 7.27. The summed E-state index contributed by atoms with van der Waals surface area (Å²) in [7, 11) is 0. The third kappa shape index (κ3) is 4.55. The summed E-state index contributed by atoms with van der Waals surface area (Å²) < 4.78 is 9.44. The molecule has 0 spiro atoms. The van der Waals surface area contributed by atoms with E-state index < -0.39 is 0 Å². The van der Waals surface area contributed by atoms with Gasteiger partial charge >= 0.3 is 0 Å². The molecule has 0 saturated carbocycles. The van der Waals surface area contributed by atoms with Crippen LogP contribution < -0.4 is 4.90 Å². The van der Waals surface area contributed by atoms with Crippen LogP contribution in [0.3, 0.4) is 0 Å². The fourth-order valence-electron chi connectivity index (χ4n) is 7.30. The quantitative estimate of drug-likeness (QED) is 0.186. The minimum absolute atomic E-state index is 0.881. The van der Waals surface area contributed by atoms with Crippen molar-refractivity contribution in [3.05, 3.63) is 176 Å². The average molecular weight is 644 g/mol. The lowest BCUT2D eigenvalue weighted by Crippen LogP contribution is -2.10. The summed E-state index contributed by atoms with van der Waals surface area (Å²) in [5, 5.41) is 7.44. The Morgan fingerprint density at radius 1 is 0.388 bits per heavy atom. The summed E-state index contributed by atoms with van der Waals surface area (Å²) in [4.78, 5) is 2.32. The Morgan fingerprint density at radius 2 is 0.939 bits per heavy atom. The van der Waals surface area contributed by atoms with Crippen molar-refractivity contribution in [1.29, 1.82) is 0 Å². The monoisotopic (exact) mass is 643 g/mol. The van der Waals surface area contributed by atoms with Crippen molar-refractivity contribution in [1.82, 2.24) is 0 Å². The molecule has 230 valence electrons. The fourth-order valence-corrected chi connectivity index (χ4v) is 8.69. The molecule has 0 N–H and O–H groups in total. The van der Waals surface area contributed by atoms with Gasteiger partial charge in [0.1, 0.15) is 5.58 Å². The maximum absolute atomic E-state index is 6.85. The van der Waals surface area contributed by atoms with Crippen LogP contribution in [0, 0.1) is 0 Å². The second-order valence-electron chi connectivity index (χ2n) is 12.5. The molecule has 2 aromatic heterocycles. The number of fused-ring (bicyclic) bond motifs is 9. The Kier molecular flexibility index (Phi) is 6.39. The Balaban J connectivity index is 1.18. The van der Waals surface area contributed by atoms with Crippen molar-refractivity contribution in [2.45, 2.75) is 0 Å². The van der Waals surface area contributed by atoms with E-state index in [0.29, 0.717) is 0 Å². The zero-order valence-corrected chi connectivity index (χ0v) is 27.3. The Morgan fingerprint density at radius 3 is 1.61 bits per heavy atom. The molecule has 0 bridgehead atoms. The van der Waals surface area contributed by atoms with Gasteiger partial charge in [-0.1, -0.05) is 133 Å². The molecular weight excluding hydrogens is 615 g/mol. The molecule has 3 heteroatoms. The molecule has 10 aromatic rings. The van der Waals surface area contributed by atoms with E-state index in [1.807, 2.05) is 11.3 Å². The molecule has 0 fully saturated rings. The van der Waals surface area contributed by atoms with E-state index in [0.717, 1.165) is 33.6 Å². The minimum Gasteiger partial charge on any atom is -0.454 e. The topological polar surface area (TPSA) is 16.4 Å². The van der Waals surface area contributed by atoms with Gasteiger partial charge in [0, 0.05) is 42.3 Å². The van der Waals surface area contributed by atoms with E-state index >= 15 is 0 Å². The molecule has 2 heterocycles. The number of hydrogen-bond donors (Lipinski definition) is 0. The minimum atomic E-state index is 0.881. The predicted molar refractivity (Wildman–Crippen MR) is 210 cm³/mol. The fraction of sp³-hybridized carbons (Fsp3) is 0. The summed E-state index contributed by atoms with van der Waals surface area (Å²) >= 11 is 1.87. The van der Waals surface area contributed by atoms with Crippen LogP contribution in [0.1, 0.15) is 0 Å². The number of hydrogen-bond acceptors (Lipinski definition) is 3. The van der Waals surface area contributed by atoms with E-state index in [-0.39, 0.29) is 0 Å². The Bertz CT molecular complexity index is 2710. The standard InChI is InChI=1S/C46H29NOS/c1-3-10-30(11-4-1)32-18-23-35(24-19-32)47(36-25-20-33(21-26-36)31-12-5-2-6-13-31)41-17-9-16-40-43-42(48-44(40)41)29-28-39-38-27-22-34-14-7-8-15-37(34)45(38)49-46(39)43/h1-29H. The third-order valence-corrected chi connectivity index (χ3v) is 10.9. The van der Waals surface area contributed by atoms with E-state index in [4.69, 9.17) is 4.42 Å². The highest BCUT2D eigenvalue weighted by Gasteiger charge is 2.22. The second-order valence-corrected chi connectivity index (χ2v) is 13.5. The van der Waals surface area contributed by atoms with Crippen molar-refractivity contribution >= 4 is 81.3 Å². The number of furan rings is 1. The van der Waals surface area contributed by atoms with E-state index in [2.05, 4.69) is 181 Å². The molecule has 0 aliphatic rings. The van der Waals surface area contributed by atoms with Crippen molar-refractivity contribution in [3.63, 3.8) is 0 Å². The van der Waals surface area contributed by atoms with Crippen LogP contribution in [0.15, 0.2) is 180 Å². The van der Waals surface area contributed by atoms with Gasteiger partial charge in [0.05, 0.1) is 5.69 Å². The largest absolute Gasteiger partial charge is 0.454 e. The lowest BCUT2D eigenvalue weighted by atomic mass is 10.0. The molecule has 0 radical (unpaired) electrons. The SMILES string of the molecule is c1ccc(-c2ccc(N(c3ccc(-c4ccccc4)cc3)c3cccc4c3oc3ccc5c6ccc7ccccc7c6sc5c34)cc2)cc1. The molecule has 8 aromatic carbocycles. The molecule has 10 rings (SSSR count). The Labute approximate surface area is 287 Å². The summed E-state index contributed by atoms with van der Waals surface area (Å²) in [5.74, 6) is 0. The zero-order chi connectivity index (χ0) is 32.3. The smallest absolute Gasteiger partial charge is 0.159 e. The molecule has 0 atom stereocenters. The molecule has 0 unspecified atom stereocenters. The highest BCUT2D eigenvalue weighted by Crippen LogP contribution is 2.47. The van der Waals surface area contributed by atoms with Gasteiger partial charge in [-0.05, 0) is 75.5 Å². The number of nitrogens with zero attached hydrogens (tertiary/aromatic N) is 1. The van der Waals surface area contributed by atoms with E-state index in [9.17, 15) is 0 Å². The van der Waals surface area contributed by atoms with Crippen molar-refractivity contribution in [2.75, 3.05) is 4.90 Å². The number of anilines is 3. The average Bonchev–Trinajstić information content (AvgIpc) is 3.76. The second kappa shape index (κ2) is 11.2. The van der Waals surface area contributed by atoms with Crippen LogP contribution in [0.25, 0.3) is 75.1 Å². The highest BCUT2D eigenvalue weighted by atomic mass is 32.1. The van der Waals surface area contributed by atoms with Crippen molar-refractivity contribution in [2.24, 2.45) is 0 Å². The molecule has 0 aliphatic carbocycles. The van der Waals surface area contributed by atoms with E-state index in [1.54, 1.807) is 0 Å². The van der Waals surface area contributed by atoms with Gasteiger partial charge in [0.15, 0.2) is 5.58 Å². The lowest BCUT2D eigenvalue weighted by molar-refractivity contribution is 0.669. The van der Waals surface area contributed by atoms with Gasteiger partial charge in [-0.2, -0.15) is 0 Å². The predicted octanol–water partition coefficient (Wildman–Crippen LogP) is 13.9. The maximum atomic E-state index is 6.85. The first-order valence-corrected chi connectivity index (χ1v) is 17.4. The molecule has 0 aliphatic heterocycles. The number of para-hydroxylation sites is 1. The van der Waals surface area contributed by atoms with Crippen LogP contribution >= 0.6 is 11.3 Å². The zero-order valence-electron chi connectivity index (χ0n) is 26.5. The molecule has 49 heavy (non-hydrogen) atoms. The number of rotatable bonds is 5. The van der Waals surface area contributed by atoms with Gasteiger partial charge in [-0.3, -0.25) is 0 Å². The molecule has 0 saturated heterocycles. The normalized spacial score (nSPS) is 11.7. The summed E-state index contributed by atoms with van der Waals surface area (Å²) in [6.45, 7) is 0. The first-order chi connectivity index (χ1) is 24.3. The first-order valence-electron chi connectivity index (χ1n) is 16.6. The van der Waals surface area contributed by atoms with Gasteiger partial charge in [0.25, 0.3) is 0 Å². The van der Waals surface area contributed by atoms with Crippen molar-refractivity contribution < 1.29 is 4.42 Å². The van der Waals surface area contributed by atoms with Gasteiger partial charge < -0.3 is 9.32 Å². The maximum Gasteiger partial charge on any atom is 0.159 e. The molecule has 2 nitrogen and oxygen atoms in total. The number of benzene rings is 8. The summed E-state index contributed by atoms with van der Waals surface area (Å²) in [6.07, 6.45) is 0. The molecular formula is C46H29NOS. The summed E-state index contributed by atoms with van der Waals surface area (Å²) in [6, 6.07) is 62.9. The van der Waals surface area contributed by atoms with E-state index in [1.165, 1.54) is 58.6 Å². The lowest BCUT2D eigenvalue weighted by Gasteiger charge is -2.26. The van der Waals surface area contributed by atoms with Crippen LogP contribution in [0.4, 0.5) is 17.1 Å². The van der Waals surface area contributed by atoms with Gasteiger partial charge in [0.2, 0.25) is 0 Å². The van der Waals surface area contributed by atoms with Gasteiger partial charge in [-0.25, -0.2) is 0 Å². The van der Waals surface area contributed by atoms with Crippen LogP contribution in [-0.4, -0.2) is 0 Å². The van der Waals surface area contributed by atoms with Crippen molar-refractivity contribution in [3.8, 4) is 22.3 Å². The first kappa shape index (κ1) is 27.9. The van der Waals surface area contributed by atoms with Gasteiger partial charge in [-0.15, -0.1) is 11.3 Å². The van der Waals surface area contributed by atoms with Crippen LogP contribution in [0.2, 0.25) is 0 Å². The van der Waals surface area contributed by atoms with Crippen LogP contribution in [-0.2, 0) is 0 Å². The Hall–Kier alpha value is -6.16.